The van der Waals surface area contributed by atoms with Gasteiger partial charge >= 0.3 is 12.2 Å². The Labute approximate surface area is 205 Å². The molecule has 1 aromatic carbocycles. The molecule has 0 aliphatic carbocycles. The fourth-order valence-electron chi connectivity index (χ4n) is 3.75. The van der Waals surface area contributed by atoms with Gasteiger partial charge in [-0.15, -0.1) is 0 Å². The Kier molecular flexibility index (Phi) is 6.91. The van der Waals surface area contributed by atoms with Crippen molar-refractivity contribution in [3.8, 4) is 11.1 Å². The van der Waals surface area contributed by atoms with Gasteiger partial charge in [-0.2, -0.15) is 18.3 Å². The molecule has 4 rings (SSSR count). The predicted octanol–water partition coefficient (Wildman–Crippen LogP) is 4.15. The Morgan fingerprint density at radius 3 is 2.53 bits per heavy atom. The van der Waals surface area contributed by atoms with Gasteiger partial charge in [-0.05, 0) is 56.4 Å². The lowest BCUT2D eigenvalue weighted by atomic mass is 10.0. The SMILES string of the molecule is Cc1cn2ncnc(CC(N)N(C)C)c2c1-c1ccc(NC(=O)Nc2cccc(C(F)(F)F)n2)cc1. The van der Waals surface area contributed by atoms with Gasteiger partial charge in [0.2, 0.25) is 0 Å². The van der Waals surface area contributed by atoms with Gasteiger partial charge in [-0.3, -0.25) is 10.2 Å². The van der Waals surface area contributed by atoms with E-state index in [2.05, 4.69) is 25.7 Å². The smallest absolute Gasteiger partial charge is 0.315 e. The third kappa shape index (κ3) is 5.44. The maximum absolute atomic E-state index is 12.8. The highest BCUT2D eigenvalue weighted by Gasteiger charge is 2.32. The summed E-state index contributed by atoms with van der Waals surface area (Å²) >= 11 is 0. The molecular formula is C24H25F3N8O. The van der Waals surface area contributed by atoms with E-state index in [1.165, 1.54) is 18.5 Å². The molecule has 0 aliphatic rings. The number of pyridine rings is 1. The molecule has 36 heavy (non-hydrogen) atoms. The summed E-state index contributed by atoms with van der Waals surface area (Å²) in [5.41, 5.74) is 10.1. The molecule has 0 spiro atoms. The number of hydrogen-bond acceptors (Lipinski definition) is 6. The average Bonchev–Trinajstić information content (AvgIpc) is 3.16. The molecule has 3 aromatic heterocycles. The third-order valence-corrected chi connectivity index (χ3v) is 5.62. The van der Waals surface area contributed by atoms with Gasteiger partial charge < -0.3 is 11.1 Å². The van der Waals surface area contributed by atoms with E-state index in [9.17, 15) is 18.0 Å². The van der Waals surface area contributed by atoms with Crippen molar-refractivity contribution in [3.63, 3.8) is 0 Å². The second kappa shape index (κ2) is 9.91. The third-order valence-electron chi connectivity index (χ3n) is 5.62. The molecule has 4 N–H and O–H groups in total. The average molecular weight is 499 g/mol. The molecule has 2 amide bonds. The first-order valence-electron chi connectivity index (χ1n) is 11.0. The van der Waals surface area contributed by atoms with Gasteiger partial charge in [-0.25, -0.2) is 19.3 Å². The van der Waals surface area contributed by atoms with Crippen LogP contribution in [0, 0.1) is 6.92 Å². The minimum absolute atomic E-state index is 0.210. The molecule has 4 aromatic rings. The lowest BCUT2D eigenvalue weighted by molar-refractivity contribution is -0.141. The first-order valence-corrected chi connectivity index (χ1v) is 11.0. The number of nitrogens with two attached hydrogens (primary N) is 1. The molecular weight excluding hydrogens is 473 g/mol. The highest BCUT2D eigenvalue weighted by molar-refractivity contribution is 5.99. The number of fused-ring (bicyclic) bond motifs is 1. The molecule has 0 radical (unpaired) electrons. The van der Waals surface area contributed by atoms with Crippen LogP contribution >= 0.6 is 0 Å². The number of aryl methyl sites for hydroxylation is 1. The molecule has 1 atom stereocenters. The number of carbonyl (C=O) groups is 1. The summed E-state index contributed by atoms with van der Waals surface area (Å²) < 4.78 is 40.3. The highest BCUT2D eigenvalue weighted by atomic mass is 19.4. The lowest BCUT2D eigenvalue weighted by Gasteiger charge is -2.19. The van der Waals surface area contributed by atoms with Gasteiger partial charge in [-0.1, -0.05) is 18.2 Å². The second-order valence-corrected chi connectivity index (χ2v) is 8.48. The molecule has 0 saturated heterocycles. The van der Waals surface area contributed by atoms with E-state index in [0.29, 0.717) is 12.1 Å². The van der Waals surface area contributed by atoms with Gasteiger partial charge in [0.05, 0.1) is 17.4 Å². The molecule has 0 fully saturated rings. The van der Waals surface area contributed by atoms with Crippen LogP contribution in [0.4, 0.5) is 29.5 Å². The zero-order valence-corrected chi connectivity index (χ0v) is 19.8. The number of anilines is 2. The summed E-state index contributed by atoms with van der Waals surface area (Å²) in [6, 6.07) is 9.65. The molecule has 0 bridgehead atoms. The van der Waals surface area contributed by atoms with Gasteiger partial charge in [0.15, 0.2) is 0 Å². The highest BCUT2D eigenvalue weighted by Crippen LogP contribution is 2.32. The number of hydrogen-bond donors (Lipinski definition) is 3. The van der Waals surface area contributed by atoms with E-state index >= 15 is 0 Å². The first kappa shape index (κ1) is 25.1. The van der Waals surface area contributed by atoms with Crippen molar-refractivity contribution < 1.29 is 18.0 Å². The number of aromatic nitrogens is 4. The van der Waals surface area contributed by atoms with Crippen LogP contribution in [0.5, 0.6) is 0 Å². The van der Waals surface area contributed by atoms with Gasteiger partial charge in [0.25, 0.3) is 0 Å². The zero-order valence-electron chi connectivity index (χ0n) is 19.8. The molecule has 9 nitrogen and oxygen atoms in total. The van der Waals surface area contributed by atoms with Crippen molar-refractivity contribution in [2.24, 2.45) is 5.73 Å². The number of amides is 2. The van der Waals surface area contributed by atoms with Gasteiger partial charge in [0.1, 0.15) is 17.8 Å². The fourth-order valence-corrected chi connectivity index (χ4v) is 3.75. The predicted molar refractivity (Wildman–Crippen MR) is 130 cm³/mol. The summed E-state index contributed by atoms with van der Waals surface area (Å²) in [5, 5.41) is 9.24. The number of rotatable bonds is 6. The largest absolute Gasteiger partial charge is 0.433 e. The Morgan fingerprint density at radius 2 is 1.86 bits per heavy atom. The van der Waals surface area contributed by atoms with E-state index in [4.69, 9.17) is 5.73 Å². The van der Waals surface area contributed by atoms with E-state index in [0.717, 1.165) is 34.0 Å². The Balaban J connectivity index is 1.54. The van der Waals surface area contributed by atoms with Crippen LogP contribution in [0.2, 0.25) is 0 Å². The van der Waals surface area contributed by atoms with Crippen molar-refractivity contribution in [3.05, 3.63) is 71.9 Å². The molecule has 0 aliphatic heterocycles. The van der Waals surface area contributed by atoms with Crippen molar-refractivity contribution in [2.75, 3.05) is 24.7 Å². The van der Waals surface area contributed by atoms with Crippen molar-refractivity contribution in [1.82, 2.24) is 24.5 Å². The number of likely N-dealkylation sites (N-methyl/N-ethyl adjacent to an activating group) is 1. The Morgan fingerprint density at radius 1 is 1.14 bits per heavy atom. The first-order chi connectivity index (χ1) is 17.0. The van der Waals surface area contributed by atoms with Crippen LogP contribution in [0.1, 0.15) is 17.0 Å². The summed E-state index contributed by atoms with van der Waals surface area (Å²) in [4.78, 5) is 22.1. The van der Waals surface area contributed by atoms with Crippen LogP contribution in [-0.2, 0) is 12.6 Å². The number of halogens is 3. The monoisotopic (exact) mass is 498 g/mol. The fraction of sp³-hybridized carbons (Fsp3) is 0.250. The summed E-state index contributed by atoms with van der Waals surface area (Å²) in [7, 11) is 3.80. The lowest BCUT2D eigenvalue weighted by Crippen LogP contribution is -2.38. The minimum Gasteiger partial charge on any atom is -0.315 e. The molecule has 0 saturated carbocycles. The Hall–Kier alpha value is -4.03. The number of nitrogens with one attached hydrogen (secondary N) is 2. The summed E-state index contributed by atoms with van der Waals surface area (Å²) in [6.45, 7) is 1.97. The van der Waals surface area contributed by atoms with Crippen LogP contribution in [-0.4, -0.2) is 50.8 Å². The van der Waals surface area contributed by atoms with E-state index in [-0.39, 0.29) is 12.0 Å². The Bertz CT molecular complexity index is 1380. The summed E-state index contributed by atoms with van der Waals surface area (Å²) in [6.07, 6.45) is -0.882. The van der Waals surface area contributed by atoms with Crippen molar-refractivity contribution in [2.45, 2.75) is 25.7 Å². The van der Waals surface area contributed by atoms with Crippen molar-refractivity contribution in [1.29, 1.82) is 0 Å². The molecule has 3 heterocycles. The number of carbonyl (C=O) groups excluding carboxylic acids is 1. The van der Waals surface area contributed by atoms with Crippen LogP contribution < -0.4 is 16.4 Å². The number of urea groups is 1. The maximum Gasteiger partial charge on any atom is 0.433 e. The summed E-state index contributed by atoms with van der Waals surface area (Å²) in [5.74, 6) is -0.210. The molecule has 188 valence electrons. The minimum atomic E-state index is -4.60. The van der Waals surface area contributed by atoms with Crippen LogP contribution in [0.25, 0.3) is 16.6 Å². The van der Waals surface area contributed by atoms with Crippen LogP contribution in [0.15, 0.2) is 55.0 Å². The van der Waals surface area contributed by atoms with E-state index in [1.807, 2.05) is 44.2 Å². The maximum atomic E-state index is 12.8. The van der Waals surface area contributed by atoms with Gasteiger partial charge in [0, 0.05) is 23.9 Å². The van der Waals surface area contributed by atoms with Crippen LogP contribution in [0.3, 0.4) is 0 Å². The molecule has 1 unspecified atom stereocenters. The quantitative estimate of drug-likeness (QED) is 0.344. The normalized spacial score (nSPS) is 12.7. The van der Waals surface area contributed by atoms with Crippen molar-refractivity contribution >= 4 is 23.1 Å². The van der Waals surface area contributed by atoms with E-state index in [1.54, 1.807) is 16.6 Å². The molecule has 12 heteroatoms. The number of alkyl halides is 3. The number of benzene rings is 1. The topological polar surface area (TPSA) is 113 Å². The second-order valence-electron chi connectivity index (χ2n) is 8.48. The zero-order chi connectivity index (χ0) is 26.0. The van der Waals surface area contributed by atoms with E-state index < -0.39 is 17.9 Å². The number of nitrogens with zero attached hydrogens (tertiary/aromatic N) is 5. The standard InChI is InChI=1S/C24H25F3N8O/c1-14-12-35-22(17(29-13-30-35)11-19(28)34(2)3)21(14)15-7-9-16(10-8-15)31-23(36)33-20-6-4-5-18(32-20)24(25,26)27/h4-10,12-13,19H,11,28H2,1-3H3,(H2,31,32,33,36).